The number of carbonyl (C=O) groups is 1. The molecule has 1 amide bonds. The highest BCUT2D eigenvalue weighted by molar-refractivity contribution is 14.0. The molecule has 0 spiro atoms. The number of carbonyl (C=O) groups excluding carboxylic acids is 1. The maximum atomic E-state index is 13.2. The van der Waals surface area contributed by atoms with E-state index in [1.54, 1.807) is 13.1 Å². The first-order chi connectivity index (χ1) is 11.1. The van der Waals surface area contributed by atoms with Crippen LogP contribution < -0.4 is 5.32 Å². The molecule has 2 rings (SSSR count). The minimum Gasteiger partial charge on any atom is -0.347 e. The van der Waals surface area contributed by atoms with Crippen LogP contribution in [-0.4, -0.2) is 55.4 Å². The van der Waals surface area contributed by atoms with Gasteiger partial charge in [0.25, 0.3) is 0 Å². The minimum absolute atomic E-state index is 0. The molecule has 0 aromatic heterocycles. The van der Waals surface area contributed by atoms with Crippen LogP contribution in [0.5, 0.6) is 0 Å². The number of amides is 1. The summed E-state index contributed by atoms with van der Waals surface area (Å²) in [5, 5.41) is 3.09. The summed E-state index contributed by atoms with van der Waals surface area (Å²) in [6.07, 6.45) is 3.37. The SMILES string of the molecule is CN=C(NCC(=O)N1CCCCC1)N(C)Cc1cccc(F)c1.I. The number of aliphatic imine (C=N–C) groups is 1. The van der Waals surface area contributed by atoms with Gasteiger partial charge in [-0.1, -0.05) is 12.1 Å². The Balaban J connectivity index is 0.00000288. The molecule has 1 aliphatic heterocycles. The lowest BCUT2D eigenvalue weighted by atomic mass is 10.1. The molecule has 0 atom stereocenters. The Morgan fingerprint density at radius 2 is 2.04 bits per heavy atom. The van der Waals surface area contributed by atoms with Gasteiger partial charge < -0.3 is 15.1 Å². The van der Waals surface area contributed by atoms with E-state index in [0.717, 1.165) is 31.5 Å². The third-order valence-corrected chi connectivity index (χ3v) is 3.99. The highest BCUT2D eigenvalue weighted by atomic mass is 127. The Bertz CT molecular complexity index is 561. The van der Waals surface area contributed by atoms with E-state index in [1.165, 1.54) is 18.6 Å². The molecule has 0 aliphatic carbocycles. The third-order valence-electron chi connectivity index (χ3n) is 3.99. The van der Waals surface area contributed by atoms with Crippen molar-refractivity contribution in [1.82, 2.24) is 15.1 Å². The molecule has 0 saturated carbocycles. The van der Waals surface area contributed by atoms with Crippen molar-refractivity contribution in [2.75, 3.05) is 33.7 Å². The largest absolute Gasteiger partial charge is 0.347 e. The normalized spacial score (nSPS) is 14.8. The van der Waals surface area contributed by atoms with E-state index in [2.05, 4.69) is 10.3 Å². The standard InChI is InChI=1S/C17H25FN4O.HI/c1-19-17(20-12-16(23)22-9-4-3-5-10-22)21(2)13-14-7-6-8-15(18)11-14;/h6-8,11H,3-5,9-10,12-13H2,1-2H3,(H,19,20);1H. The lowest BCUT2D eigenvalue weighted by Crippen LogP contribution is -2.46. The van der Waals surface area contributed by atoms with Crippen molar-refractivity contribution in [3.63, 3.8) is 0 Å². The molecule has 0 bridgehead atoms. The molecular weight excluding hydrogens is 422 g/mol. The van der Waals surface area contributed by atoms with E-state index in [0.29, 0.717) is 12.5 Å². The monoisotopic (exact) mass is 448 g/mol. The molecule has 0 radical (unpaired) electrons. The molecule has 7 heteroatoms. The smallest absolute Gasteiger partial charge is 0.241 e. The number of halogens is 2. The molecule has 134 valence electrons. The van der Waals surface area contributed by atoms with Gasteiger partial charge in [-0.25, -0.2) is 4.39 Å². The van der Waals surface area contributed by atoms with E-state index in [1.807, 2.05) is 22.9 Å². The average molecular weight is 448 g/mol. The van der Waals surface area contributed by atoms with Crippen molar-refractivity contribution >= 4 is 35.8 Å². The van der Waals surface area contributed by atoms with Crippen LogP contribution in [0.15, 0.2) is 29.3 Å². The summed E-state index contributed by atoms with van der Waals surface area (Å²) < 4.78 is 13.2. The fourth-order valence-electron chi connectivity index (χ4n) is 2.78. The third kappa shape index (κ3) is 6.26. The second-order valence-corrected chi connectivity index (χ2v) is 5.83. The summed E-state index contributed by atoms with van der Waals surface area (Å²) >= 11 is 0. The van der Waals surface area contributed by atoms with E-state index in [9.17, 15) is 9.18 Å². The molecule has 24 heavy (non-hydrogen) atoms. The maximum absolute atomic E-state index is 13.2. The van der Waals surface area contributed by atoms with Crippen LogP contribution in [0, 0.1) is 5.82 Å². The van der Waals surface area contributed by atoms with E-state index >= 15 is 0 Å². The summed E-state index contributed by atoms with van der Waals surface area (Å²) in [6, 6.07) is 6.48. The van der Waals surface area contributed by atoms with Crippen LogP contribution in [0.1, 0.15) is 24.8 Å². The Hall–Kier alpha value is -1.38. The lowest BCUT2D eigenvalue weighted by molar-refractivity contribution is -0.130. The summed E-state index contributed by atoms with van der Waals surface area (Å²) in [6.45, 7) is 2.45. The zero-order valence-corrected chi connectivity index (χ0v) is 16.6. The second-order valence-electron chi connectivity index (χ2n) is 5.83. The fraction of sp³-hybridized carbons (Fsp3) is 0.529. The van der Waals surface area contributed by atoms with E-state index in [-0.39, 0.29) is 42.2 Å². The number of piperidine rings is 1. The summed E-state index contributed by atoms with van der Waals surface area (Å²) in [5.74, 6) is 0.476. The van der Waals surface area contributed by atoms with Gasteiger partial charge in [-0.3, -0.25) is 9.79 Å². The van der Waals surface area contributed by atoms with Crippen molar-refractivity contribution in [3.05, 3.63) is 35.6 Å². The second kappa shape index (κ2) is 10.5. The number of nitrogens with zero attached hydrogens (tertiary/aromatic N) is 3. The van der Waals surface area contributed by atoms with Gasteiger partial charge in [-0.05, 0) is 37.0 Å². The first-order valence-corrected chi connectivity index (χ1v) is 8.04. The Morgan fingerprint density at radius 3 is 2.67 bits per heavy atom. The van der Waals surface area contributed by atoms with Gasteiger partial charge in [-0.15, -0.1) is 24.0 Å². The van der Waals surface area contributed by atoms with Crippen molar-refractivity contribution in [1.29, 1.82) is 0 Å². The van der Waals surface area contributed by atoms with Crippen molar-refractivity contribution in [3.8, 4) is 0 Å². The van der Waals surface area contributed by atoms with Crippen molar-refractivity contribution < 1.29 is 9.18 Å². The summed E-state index contributed by atoms with van der Waals surface area (Å²) in [4.78, 5) is 20.1. The van der Waals surface area contributed by atoms with Crippen LogP contribution in [0.25, 0.3) is 0 Å². The Labute approximate surface area is 160 Å². The van der Waals surface area contributed by atoms with Gasteiger partial charge in [0.1, 0.15) is 5.82 Å². The highest BCUT2D eigenvalue weighted by Crippen LogP contribution is 2.09. The van der Waals surface area contributed by atoms with Gasteiger partial charge in [0.05, 0.1) is 6.54 Å². The van der Waals surface area contributed by atoms with Gasteiger partial charge >= 0.3 is 0 Å². The van der Waals surface area contributed by atoms with E-state index in [4.69, 9.17) is 0 Å². The first-order valence-electron chi connectivity index (χ1n) is 8.04. The number of likely N-dealkylation sites (tertiary alicyclic amines) is 1. The fourth-order valence-corrected chi connectivity index (χ4v) is 2.78. The lowest BCUT2D eigenvalue weighted by Gasteiger charge is -2.28. The number of nitrogens with one attached hydrogen (secondary N) is 1. The number of hydrogen-bond acceptors (Lipinski definition) is 2. The molecule has 1 aliphatic rings. The van der Waals surface area contributed by atoms with E-state index < -0.39 is 0 Å². The van der Waals surface area contributed by atoms with Crippen LogP contribution in [-0.2, 0) is 11.3 Å². The predicted molar refractivity (Wildman–Crippen MR) is 105 cm³/mol. The van der Waals surface area contributed by atoms with Crippen molar-refractivity contribution in [2.24, 2.45) is 4.99 Å². The molecule has 1 heterocycles. The predicted octanol–water partition coefficient (Wildman–Crippen LogP) is 2.46. The van der Waals surface area contributed by atoms with Crippen LogP contribution in [0.3, 0.4) is 0 Å². The zero-order chi connectivity index (χ0) is 16.7. The zero-order valence-electron chi connectivity index (χ0n) is 14.3. The maximum Gasteiger partial charge on any atom is 0.241 e. The highest BCUT2D eigenvalue weighted by Gasteiger charge is 2.17. The molecule has 5 nitrogen and oxygen atoms in total. The molecule has 1 fully saturated rings. The summed E-state index contributed by atoms with van der Waals surface area (Å²) in [5.41, 5.74) is 0.859. The molecule has 1 aromatic rings. The Morgan fingerprint density at radius 1 is 1.33 bits per heavy atom. The van der Waals surface area contributed by atoms with Crippen molar-refractivity contribution in [2.45, 2.75) is 25.8 Å². The number of hydrogen-bond donors (Lipinski definition) is 1. The minimum atomic E-state index is -0.251. The average Bonchev–Trinajstić information content (AvgIpc) is 2.56. The van der Waals surface area contributed by atoms with Gasteiger partial charge in [-0.2, -0.15) is 0 Å². The number of rotatable bonds is 4. The van der Waals surface area contributed by atoms with Gasteiger partial charge in [0.15, 0.2) is 5.96 Å². The molecule has 1 N–H and O–H groups in total. The van der Waals surface area contributed by atoms with Crippen LogP contribution in [0.2, 0.25) is 0 Å². The topological polar surface area (TPSA) is 47.9 Å². The van der Waals surface area contributed by atoms with Crippen LogP contribution >= 0.6 is 24.0 Å². The molecule has 0 unspecified atom stereocenters. The first kappa shape index (κ1) is 20.7. The van der Waals surface area contributed by atoms with Crippen LogP contribution in [0.4, 0.5) is 4.39 Å². The molecule has 1 saturated heterocycles. The Kier molecular flexibility index (Phi) is 9.02. The number of benzene rings is 1. The molecule has 1 aromatic carbocycles. The number of guanidine groups is 1. The van der Waals surface area contributed by atoms with Gasteiger partial charge in [0.2, 0.25) is 5.91 Å². The van der Waals surface area contributed by atoms with Gasteiger partial charge in [0, 0.05) is 33.7 Å². The molecular formula is C17H26FIN4O. The summed E-state index contributed by atoms with van der Waals surface area (Å²) in [7, 11) is 3.54. The quantitative estimate of drug-likeness (QED) is 0.438.